The number of hydrogen-bond acceptors (Lipinski definition) is 3. The van der Waals surface area contributed by atoms with Crippen molar-refractivity contribution in [2.45, 2.75) is 20.4 Å². The van der Waals surface area contributed by atoms with E-state index in [-0.39, 0.29) is 5.91 Å². The second-order valence-electron chi connectivity index (χ2n) is 4.38. The summed E-state index contributed by atoms with van der Waals surface area (Å²) in [6.45, 7) is 8.52. The number of hydrogen-bond donors (Lipinski definition) is 0. The van der Waals surface area contributed by atoms with E-state index in [1.807, 2.05) is 31.4 Å². The Morgan fingerprint density at radius 3 is 2.84 bits per heavy atom. The van der Waals surface area contributed by atoms with Gasteiger partial charge in [-0.25, -0.2) is 0 Å². The molecule has 0 radical (unpaired) electrons. The van der Waals surface area contributed by atoms with Crippen molar-refractivity contribution in [1.82, 2.24) is 4.90 Å². The van der Waals surface area contributed by atoms with Gasteiger partial charge in [0.1, 0.15) is 11.5 Å². The van der Waals surface area contributed by atoms with Gasteiger partial charge in [-0.2, -0.15) is 0 Å². The first-order valence-corrected chi connectivity index (χ1v) is 6.99. The first-order chi connectivity index (χ1) is 9.11. The van der Waals surface area contributed by atoms with Crippen LogP contribution >= 0.6 is 11.3 Å². The molecule has 0 saturated heterocycles. The van der Waals surface area contributed by atoms with Gasteiger partial charge in [0, 0.05) is 11.4 Å². The molecule has 100 valence electrons. The van der Waals surface area contributed by atoms with Gasteiger partial charge in [-0.15, -0.1) is 17.9 Å². The molecule has 4 heteroatoms. The molecule has 0 aliphatic heterocycles. The van der Waals surface area contributed by atoms with Gasteiger partial charge in [0.15, 0.2) is 0 Å². The van der Waals surface area contributed by atoms with Gasteiger partial charge in [0.25, 0.3) is 5.91 Å². The lowest BCUT2D eigenvalue weighted by Gasteiger charge is -2.20. The fourth-order valence-corrected chi connectivity index (χ4v) is 2.70. The van der Waals surface area contributed by atoms with E-state index in [0.717, 1.165) is 10.6 Å². The number of nitrogens with zero attached hydrogens (tertiary/aromatic N) is 1. The maximum atomic E-state index is 12.5. The Labute approximate surface area is 117 Å². The lowest BCUT2D eigenvalue weighted by molar-refractivity contribution is 0.0762. The third kappa shape index (κ3) is 3.15. The zero-order valence-electron chi connectivity index (χ0n) is 11.2. The second kappa shape index (κ2) is 5.89. The second-order valence-corrected chi connectivity index (χ2v) is 5.41. The zero-order valence-corrected chi connectivity index (χ0v) is 12.0. The number of aryl methyl sites for hydroxylation is 2. The van der Waals surface area contributed by atoms with Gasteiger partial charge >= 0.3 is 0 Å². The topological polar surface area (TPSA) is 33.5 Å². The fraction of sp³-hybridized carbons (Fsp3) is 0.267. The molecule has 19 heavy (non-hydrogen) atoms. The van der Waals surface area contributed by atoms with Crippen molar-refractivity contribution < 1.29 is 9.21 Å². The van der Waals surface area contributed by atoms with Gasteiger partial charge < -0.3 is 9.32 Å². The van der Waals surface area contributed by atoms with E-state index >= 15 is 0 Å². The van der Waals surface area contributed by atoms with Crippen LogP contribution in [0.3, 0.4) is 0 Å². The molecule has 0 spiro atoms. The lowest BCUT2D eigenvalue weighted by Crippen LogP contribution is -2.30. The Balaban J connectivity index is 2.21. The normalized spacial score (nSPS) is 10.4. The highest BCUT2D eigenvalue weighted by molar-refractivity contribution is 7.09. The van der Waals surface area contributed by atoms with Crippen LogP contribution in [0.4, 0.5) is 0 Å². The molecular formula is C15H17NO2S. The van der Waals surface area contributed by atoms with Crippen LogP contribution in [-0.4, -0.2) is 17.4 Å². The molecule has 2 heterocycles. The number of amides is 1. The van der Waals surface area contributed by atoms with Crippen LogP contribution in [0.1, 0.15) is 26.8 Å². The first kappa shape index (κ1) is 13.6. The van der Waals surface area contributed by atoms with Crippen molar-refractivity contribution in [2.24, 2.45) is 0 Å². The van der Waals surface area contributed by atoms with Crippen molar-refractivity contribution in [3.8, 4) is 0 Å². The molecule has 2 aromatic heterocycles. The molecule has 0 aromatic carbocycles. The summed E-state index contributed by atoms with van der Waals surface area (Å²) in [4.78, 5) is 15.5. The minimum absolute atomic E-state index is 0.0114. The molecule has 0 unspecified atom stereocenters. The van der Waals surface area contributed by atoms with Crippen LogP contribution in [0, 0.1) is 13.8 Å². The van der Waals surface area contributed by atoms with Crippen molar-refractivity contribution in [3.05, 3.63) is 58.2 Å². The van der Waals surface area contributed by atoms with Crippen LogP contribution in [0.2, 0.25) is 0 Å². The number of furan rings is 1. The number of thiophene rings is 1. The number of carbonyl (C=O) groups excluding carboxylic acids is 1. The van der Waals surface area contributed by atoms with Crippen molar-refractivity contribution in [1.29, 1.82) is 0 Å². The third-order valence-corrected chi connectivity index (χ3v) is 3.70. The van der Waals surface area contributed by atoms with E-state index in [2.05, 4.69) is 6.58 Å². The van der Waals surface area contributed by atoms with Crippen LogP contribution < -0.4 is 0 Å². The van der Waals surface area contributed by atoms with Gasteiger partial charge in [-0.05, 0) is 31.4 Å². The molecular weight excluding hydrogens is 258 g/mol. The van der Waals surface area contributed by atoms with Gasteiger partial charge in [0.05, 0.1) is 12.1 Å². The summed E-state index contributed by atoms with van der Waals surface area (Å²) in [5.41, 5.74) is 0.635. The molecule has 0 atom stereocenters. The van der Waals surface area contributed by atoms with Gasteiger partial charge in [-0.1, -0.05) is 12.1 Å². The maximum absolute atomic E-state index is 12.5. The quantitative estimate of drug-likeness (QED) is 0.778. The van der Waals surface area contributed by atoms with Gasteiger partial charge in [0.2, 0.25) is 0 Å². The Bertz CT molecular complexity index is 569. The predicted molar refractivity (Wildman–Crippen MR) is 77.4 cm³/mol. The zero-order chi connectivity index (χ0) is 13.8. The lowest BCUT2D eigenvalue weighted by atomic mass is 10.2. The fourth-order valence-electron chi connectivity index (χ4n) is 1.98. The molecule has 0 aliphatic rings. The molecule has 0 N–H and O–H groups in total. The number of rotatable bonds is 5. The molecule has 2 rings (SSSR count). The van der Waals surface area contributed by atoms with Crippen LogP contribution in [-0.2, 0) is 6.54 Å². The average molecular weight is 275 g/mol. The number of carbonyl (C=O) groups is 1. The highest BCUT2D eigenvalue weighted by atomic mass is 32.1. The third-order valence-electron chi connectivity index (χ3n) is 2.83. The van der Waals surface area contributed by atoms with E-state index in [4.69, 9.17) is 4.42 Å². The van der Waals surface area contributed by atoms with Gasteiger partial charge in [-0.3, -0.25) is 4.79 Å². The Kier molecular flexibility index (Phi) is 4.22. The van der Waals surface area contributed by atoms with E-state index in [1.165, 1.54) is 0 Å². The molecule has 3 nitrogen and oxygen atoms in total. The Hall–Kier alpha value is -1.81. The Morgan fingerprint density at radius 2 is 2.32 bits per heavy atom. The van der Waals surface area contributed by atoms with E-state index in [0.29, 0.717) is 24.4 Å². The van der Waals surface area contributed by atoms with E-state index in [9.17, 15) is 4.79 Å². The summed E-state index contributed by atoms with van der Waals surface area (Å²) in [6.07, 6.45) is 1.74. The minimum Gasteiger partial charge on any atom is -0.466 e. The molecule has 0 aliphatic carbocycles. The summed E-state index contributed by atoms with van der Waals surface area (Å²) in [5.74, 6) is 1.42. The van der Waals surface area contributed by atoms with Crippen molar-refractivity contribution in [3.63, 3.8) is 0 Å². The summed E-state index contributed by atoms with van der Waals surface area (Å²) in [5, 5.41) is 2.01. The highest BCUT2D eigenvalue weighted by Crippen LogP contribution is 2.19. The van der Waals surface area contributed by atoms with E-state index < -0.39 is 0 Å². The van der Waals surface area contributed by atoms with Crippen molar-refractivity contribution in [2.75, 3.05) is 6.54 Å². The predicted octanol–water partition coefficient (Wildman–Crippen LogP) is 3.79. The average Bonchev–Trinajstić information content (AvgIpc) is 2.97. The highest BCUT2D eigenvalue weighted by Gasteiger charge is 2.20. The first-order valence-electron chi connectivity index (χ1n) is 6.11. The molecule has 2 aromatic rings. The molecule has 0 bridgehead atoms. The SMILES string of the molecule is C=CCN(Cc1cccs1)C(=O)c1cc(C)oc1C. The van der Waals surface area contributed by atoms with Crippen LogP contribution in [0.15, 0.2) is 40.7 Å². The summed E-state index contributed by atoms with van der Waals surface area (Å²) < 4.78 is 5.43. The van der Waals surface area contributed by atoms with E-state index in [1.54, 1.807) is 28.4 Å². The smallest absolute Gasteiger partial charge is 0.258 e. The molecule has 0 fully saturated rings. The van der Waals surface area contributed by atoms with Crippen LogP contribution in [0.25, 0.3) is 0 Å². The Morgan fingerprint density at radius 1 is 1.53 bits per heavy atom. The summed E-state index contributed by atoms with van der Waals surface area (Å²) in [7, 11) is 0. The maximum Gasteiger partial charge on any atom is 0.258 e. The summed E-state index contributed by atoms with van der Waals surface area (Å²) in [6, 6.07) is 5.81. The van der Waals surface area contributed by atoms with Crippen LogP contribution in [0.5, 0.6) is 0 Å². The monoisotopic (exact) mass is 275 g/mol. The van der Waals surface area contributed by atoms with Crippen molar-refractivity contribution >= 4 is 17.2 Å². The largest absolute Gasteiger partial charge is 0.466 e. The molecule has 0 saturated carbocycles. The minimum atomic E-state index is -0.0114. The summed E-state index contributed by atoms with van der Waals surface area (Å²) >= 11 is 1.65. The standard InChI is InChI=1S/C15H17NO2S/c1-4-7-16(10-13-6-5-8-19-13)15(17)14-9-11(2)18-12(14)3/h4-6,8-9H,1,7,10H2,2-3H3. The molecule has 1 amide bonds.